The van der Waals surface area contributed by atoms with Gasteiger partial charge in [-0.15, -0.1) is 0 Å². The molecule has 2 aromatic carbocycles. The van der Waals surface area contributed by atoms with Crippen LogP contribution in [0.1, 0.15) is 71.0 Å². The van der Waals surface area contributed by atoms with Crippen LogP contribution in [0.4, 0.5) is 42.1 Å². The molecule has 0 atom stereocenters. The Balaban J connectivity index is 0.000000176. The second-order valence-corrected chi connectivity index (χ2v) is 18.9. The van der Waals surface area contributed by atoms with Gasteiger partial charge in [0.05, 0.1) is 63.9 Å². The first kappa shape index (κ1) is 53.3. The van der Waals surface area contributed by atoms with E-state index in [1.54, 1.807) is 80.8 Å². The fourth-order valence-corrected chi connectivity index (χ4v) is 10.4. The molecule has 16 nitrogen and oxygen atoms in total. The summed E-state index contributed by atoms with van der Waals surface area (Å²) in [7, 11) is 0. The highest BCUT2D eigenvalue weighted by atomic mass is 19.4. The van der Waals surface area contributed by atoms with Crippen molar-refractivity contribution in [2.24, 2.45) is 0 Å². The van der Waals surface area contributed by atoms with Crippen LogP contribution in [0, 0.1) is 23.3 Å². The Labute approximate surface area is 446 Å². The molecule has 4 aliphatic rings. The standard InChI is InChI=1S/C28H22F4N6O2.C27H21F3N6O2.CH4/c29-21-13-19(5-6-20(21)28(30,31)32)38-25(17-3-1-9-33-16-17)14-23(35-38)27(40)36-11-7-18(8-12-36)37-24-4-2-10-34-22(24)15-26(37)39;28-19-11-18(12-20(29)26(19)30)36-24(16-3-1-7-31-15-16)13-22(33-36)27(38)34-9-5-17(6-10-34)35-23-4-2-8-32-21(23)14-25(35)37;/h1-6,9-10,13-14,16,18H,7-8,11-12,15H2;1-4,7-8,11-13,15,17H,5-6,9-10,14H2;1H4. The number of amides is 4. The Morgan fingerprint density at radius 3 is 1.38 bits per heavy atom. The van der Waals surface area contributed by atoms with Gasteiger partial charge in [0.15, 0.2) is 28.8 Å². The summed E-state index contributed by atoms with van der Waals surface area (Å²) in [6.07, 6.45) is 7.48. The number of piperidine rings is 2. The Hall–Kier alpha value is -9.15. The van der Waals surface area contributed by atoms with Gasteiger partial charge in [0.25, 0.3) is 11.8 Å². The summed E-state index contributed by atoms with van der Waals surface area (Å²) in [5, 5.41) is 8.73. The molecular weight excluding hydrogens is 1040 g/mol. The number of carbonyl (C=O) groups is 4. The van der Waals surface area contributed by atoms with Gasteiger partial charge in [-0.1, -0.05) is 7.43 Å². The van der Waals surface area contributed by atoms with Gasteiger partial charge in [-0.25, -0.2) is 26.9 Å². The van der Waals surface area contributed by atoms with Crippen molar-refractivity contribution in [1.82, 2.24) is 49.3 Å². The summed E-state index contributed by atoms with van der Waals surface area (Å²) >= 11 is 0. The van der Waals surface area contributed by atoms with Gasteiger partial charge in [-0.2, -0.15) is 23.4 Å². The highest BCUT2D eigenvalue weighted by Gasteiger charge is 2.39. The predicted octanol–water partition coefficient (Wildman–Crippen LogP) is 9.26. The summed E-state index contributed by atoms with van der Waals surface area (Å²) in [5.74, 6) is -6.50. The first-order chi connectivity index (χ1) is 37.6. The molecule has 0 spiro atoms. The summed E-state index contributed by atoms with van der Waals surface area (Å²) in [4.78, 5) is 75.9. The lowest BCUT2D eigenvalue weighted by molar-refractivity contribution is -0.140. The Morgan fingerprint density at radius 1 is 0.532 bits per heavy atom. The number of hydrogen-bond donors (Lipinski definition) is 0. The molecule has 0 radical (unpaired) electrons. The molecule has 4 aliphatic heterocycles. The van der Waals surface area contributed by atoms with E-state index in [4.69, 9.17) is 0 Å². The summed E-state index contributed by atoms with van der Waals surface area (Å²) in [6.45, 7) is 1.56. The molecule has 0 bridgehead atoms. The third-order valence-corrected chi connectivity index (χ3v) is 14.1. The van der Waals surface area contributed by atoms with E-state index in [1.165, 1.54) is 33.9 Å². The van der Waals surface area contributed by atoms with Crippen LogP contribution in [-0.2, 0) is 28.6 Å². The average molecular weight is 1090 g/mol. The van der Waals surface area contributed by atoms with Gasteiger partial charge in [-0.3, -0.25) is 39.1 Å². The minimum atomic E-state index is -4.84. The topological polar surface area (TPSA) is 168 Å². The number of nitrogens with zero attached hydrogens (tertiary/aromatic N) is 12. The molecule has 2 fully saturated rings. The molecule has 12 rings (SSSR count). The average Bonchev–Trinajstić information content (AvgIpc) is 4.33. The summed E-state index contributed by atoms with van der Waals surface area (Å²) in [5.41, 5.74) is 3.68. The molecule has 8 aromatic rings. The van der Waals surface area contributed by atoms with Crippen LogP contribution in [0.5, 0.6) is 0 Å². The third-order valence-electron chi connectivity index (χ3n) is 14.1. The van der Waals surface area contributed by atoms with Crippen LogP contribution in [0.25, 0.3) is 33.9 Å². The van der Waals surface area contributed by atoms with Crippen molar-refractivity contribution in [2.45, 2.75) is 64.2 Å². The number of likely N-dealkylation sites (tertiary alicyclic amines) is 2. The zero-order valence-corrected chi connectivity index (χ0v) is 41.0. The van der Waals surface area contributed by atoms with Crippen LogP contribution in [-0.4, -0.2) is 111 Å². The van der Waals surface area contributed by atoms with Crippen molar-refractivity contribution in [3.8, 4) is 33.9 Å². The zero-order chi connectivity index (χ0) is 54.4. The predicted molar refractivity (Wildman–Crippen MR) is 274 cm³/mol. The van der Waals surface area contributed by atoms with E-state index in [0.717, 1.165) is 47.0 Å². The van der Waals surface area contributed by atoms with E-state index >= 15 is 0 Å². The van der Waals surface area contributed by atoms with Crippen LogP contribution < -0.4 is 9.80 Å². The third kappa shape index (κ3) is 10.4. The smallest absolute Gasteiger partial charge is 0.337 e. The second kappa shape index (κ2) is 21.7. The lowest BCUT2D eigenvalue weighted by Gasteiger charge is -2.36. The fourth-order valence-electron chi connectivity index (χ4n) is 10.4. The maximum absolute atomic E-state index is 14.4. The molecule has 404 valence electrons. The minimum absolute atomic E-state index is 0. The molecule has 4 amide bonds. The van der Waals surface area contributed by atoms with Crippen LogP contribution >= 0.6 is 0 Å². The van der Waals surface area contributed by atoms with Crippen molar-refractivity contribution >= 4 is 35.0 Å². The molecular formula is C56H47F7N12O4. The van der Waals surface area contributed by atoms with E-state index in [1.807, 2.05) is 12.1 Å². The number of pyridine rings is 4. The highest BCUT2D eigenvalue weighted by molar-refractivity contribution is 6.02. The van der Waals surface area contributed by atoms with Gasteiger partial charge in [0.1, 0.15) is 5.82 Å². The largest absolute Gasteiger partial charge is 0.419 e. The molecule has 10 heterocycles. The molecule has 0 unspecified atom stereocenters. The number of benzene rings is 2. The van der Waals surface area contributed by atoms with Crippen molar-refractivity contribution < 1.29 is 49.9 Å². The van der Waals surface area contributed by atoms with Crippen molar-refractivity contribution in [1.29, 1.82) is 0 Å². The maximum Gasteiger partial charge on any atom is 0.419 e. The molecule has 0 N–H and O–H groups in total. The Morgan fingerprint density at radius 2 is 0.962 bits per heavy atom. The second-order valence-electron chi connectivity index (χ2n) is 18.9. The van der Waals surface area contributed by atoms with Gasteiger partial charge >= 0.3 is 6.18 Å². The maximum atomic E-state index is 14.4. The first-order valence-corrected chi connectivity index (χ1v) is 24.7. The number of carbonyl (C=O) groups excluding carboxylic acids is 4. The fraction of sp³-hybridized carbons (Fsp3) is 0.250. The number of aromatic nitrogens is 8. The number of halogens is 7. The van der Waals surface area contributed by atoms with Crippen molar-refractivity contribution in [3.05, 3.63) is 180 Å². The summed E-state index contributed by atoms with van der Waals surface area (Å²) in [6, 6.07) is 21.2. The van der Waals surface area contributed by atoms with E-state index in [0.29, 0.717) is 80.4 Å². The van der Waals surface area contributed by atoms with Crippen LogP contribution in [0.15, 0.2) is 128 Å². The number of rotatable bonds is 8. The number of hydrogen-bond acceptors (Lipinski definition) is 10. The molecule has 23 heteroatoms. The van der Waals surface area contributed by atoms with Gasteiger partial charge in [0, 0.05) is 105 Å². The van der Waals surface area contributed by atoms with Crippen molar-refractivity contribution in [2.75, 3.05) is 36.0 Å². The summed E-state index contributed by atoms with van der Waals surface area (Å²) < 4.78 is 97.9. The van der Waals surface area contributed by atoms with Gasteiger partial charge in [0.2, 0.25) is 11.8 Å². The quantitative estimate of drug-likeness (QED) is 0.106. The lowest BCUT2D eigenvalue weighted by Crippen LogP contribution is -2.48. The monoisotopic (exact) mass is 1080 g/mol. The Kier molecular flexibility index (Phi) is 14.6. The molecule has 79 heavy (non-hydrogen) atoms. The first-order valence-electron chi connectivity index (χ1n) is 24.7. The van der Waals surface area contributed by atoms with E-state index in [2.05, 4.69) is 30.1 Å². The molecule has 2 saturated heterocycles. The Bertz CT molecular complexity index is 3590. The van der Waals surface area contributed by atoms with Crippen LogP contribution in [0.2, 0.25) is 0 Å². The molecule has 6 aromatic heterocycles. The van der Waals surface area contributed by atoms with Crippen molar-refractivity contribution in [3.63, 3.8) is 0 Å². The highest BCUT2D eigenvalue weighted by Crippen LogP contribution is 2.36. The van der Waals surface area contributed by atoms with Crippen LogP contribution in [0.3, 0.4) is 0 Å². The van der Waals surface area contributed by atoms with E-state index < -0.39 is 35.0 Å². The minimum Gasteiger partial charge on any atom is -0.337 e. The SMILES string of the molecule is C.O=C(c1cc(-c2cccnc2)n(-c2cc(F)c(F)c(F)c2)n1)N1CCC(N2C(=O)Cc3ncccc32)CC1.O=C(c1cc(-c2cccnc2)n(-c2ccc(C(F)(F)F)c(F)c2)n1)N1CCC(N2C(=O)Cc3ncccc32)CC1. The molecule has 0 aliphatic carbocycles. The zero-order valence-electron chi connectivity index (χ0n) is 41.0. The number of anilines is 2. The van der Waals surface area contributed by atoms with E-state index in [9.17, 15) is 49.9 Å². The number of alkyl halides is 3. The molecule has 0 saturated carbocycles. The lowest BCUT2D eigenvalue weighted by atomic mass is 10.0. The number of fused-ring (bicyclic) bond motifs is 2. The normalized spacial score (nSPS) is 15.6. The van der Waals surface area contributed by atoms with E-state index in [-0.39, 0.29) is 78.7 Å². The van der Waals surface area contributed by atoms with Gasteiger partial charge < -0.3 is 19.6 Å². The van der Waals surface area contributed by atoms with Gasteiger partial charge in [-0.05, 0) is 98.5 Å².